The molecule has 0 spiro atoms. The van der Waals surface area contributed by atoms with Crippen molar-refractivity contribution < 1.29 is 24.7 Å². The van der Waals surface area contributed by atoms with Crippen molar-refractivity contribution in [2.24, 2.45) is 0 Å². The topological polar surface area (TPSA) is 110 Å². The summed E-state index contributed by atoms with van der Waals surface area (Å²) in [5.41, 5.74) is 2.13. The van der Waals surface area contributed by atoms with Gasteiger partial charge in [0, 0.05) is 12.1 Å². The summed E-state index contributed by atoms with van der Waals surface area (Å²) in [7, 11) is 0. The van der Waals surface area contributed by atoms with Crippen LogP contribution >= 0.6 is 0 Å². The molecule has 3 rings (SSSR count). The molecular weight excluding hydrogens is 350 g/mol. The van der Waals surface area contributed by atoms with Gasteiger partial charge in [-0.25, -0.2) is 4.79 Å². The second-order valence-corrected chi connectivity index (χ2v) is 5.75. The van der Waals surface area contributed by atoms with Crippen LogP contribution in [0.5, 0.6) is 11.5 Å². The fraction of sp³-hybridized carbons (Fsp3) is 0.0500. The summed E-state index contributed by atoms with van der Waals surface area (Å²) >= 11 is 0. The van der Waals surface area contributed by atoms with Crippen molar-refractivity contribution in [3.63, 3.8) is 0 Å². The number of carboxylic acids is 1. The largest absolute Gasteiger partial charge is 0.504 e. The predicted octanol–water partition coefficient (Wildman–Crippen LogP) is 4.24. The molecule has 0 aromatic heterocycles. The van der Waals surface area contributed by atoms with Crippen LogP contribution in [0, 0.1) is 10.1 Å². The summed E-state index contributed by atoms with van der Waals surface area (Å²) < 4.78 is 5.51. The van der Waals surface area contributed by atoms with Crippen LogP contribution in [-0.2, 0) is 6.61 Å². The van der Waals surface area contributed by atoms with Crippen LogP contribution in [0.3, 0.4) is 0 Å². The van der Waals surface area contributed by atoms with Gasteiger partial charge in [0.15, 0.2) is 11.5 Å². The van der Waals surface area contributed by atoms with Gasteiger partial charge in [-0.05, 0) is 28.8 Å². The normalized spacial score (nSPS) is 10.4. The van der Waals surface area contributed by atoms with Gasteiger partial charge in [0.25, 0.3) is 5.69 Å². The van der Waals surface area contributed by atoms with E-state index in [1.54, 1.807) is 24.3 Å². The number of hydrogen-bond acceptors (Lipinski definition) is 5. The summed E-state index contributed by atoms with van der Waals surface area (Å²) in [4.78, 5) is 21.5. The summed E-state index contributed by atoms with van der Waals surface area (Å²) in [6.45, 7) is 0.131. The lowest BCUT2D eigenvalue weighted by molar-refractivity contribution is -0.384. The Kier molecular flexibility index (Phi) is 5.03. The predicted molar refractivity (Wildman–Crippen MR) is 97.9 cm³/mol. The molecule has 0 atom stereocenters. The zero-order chi connectivity index (χ0) is 19.4. The number of nitro benzene ring substituents is 1. The van der Waals surface area contributed by atoms with Gasteiger partial charge in [-0.1, -0.05) is 42.5 Å². The first-order valence-corrected chi connectivity index (χ1v) is 7.97. The Balaban J connectivity index is 1.74. The summed E-state index contributed by atoms with van der Waals surface area (Å²) in [5, 5.41) is 29.8. The summed E-state index contributed by atoms with van der Waals surface area (Å²) in [6.07, 6.45) is 0. The number of benzene rings is 3. The maximum absolute atomic E-state index is 11.0. The summed E-state index contributed by atoms with van der Waals surface area (Å²) in [6, 6.07) is 17.8. The minimum absolute atomic E-state index is 0.0219. The van der Waals surface area contributed by atoms with Crippen LogP contribution in [0.4, 0.5) is 5.69 Å². The van der Waals surface area contributed by atoms with Crippen molar-refractivity contribution in [3.8, 4) is 22.6 Å². The molecule has 3 aromatic rings. The average Bonchev–Trinajstić information content (AvgIpc) is 2.67. The standard InChI is InChI=1S/C20H15NO6/c22-19-17(20(23)24)5-2-6-18(19)27-12-13-7-9-14(10-8-13)15-3-1-4-16(11-15)21(25)26/h1-11,22H,12H2,(H,23,24). The van der Waals surface area contributed by atoms with Gasteiger partial charge in [-0.15, -0.1) is 0 Å². The lowest BCUT2D eigenvalue weighted by Crippen LogP contribution is -2.00. The number of rotatable bonds is 6. The minimum atomic E-state index is -1.24. The molecule has 0 saturated carbocycles. The first-order chi connectivity index (χ1) is 13.0. The molecule has 0 fully saturated rings. The molecule has 7 heteroatoms. The highest BCUT2D eigenvalue weighted by atomic mass is 16.6. The van der Waals surface area contributed by atoms with Crippen LogP contribution in [0.2, 0.25) is 0 Å². The highest BCUT2D eigenvalue weighted by Crippen LogP contribution is 2.30. The third kappa shape index (κ3) is 4.04. The van der Waals surface area contributed by atoms with Gasteiger partial charge in [0.05, 0.1) is 4.92 Å². The van der Waals surface area contributed by atoms with Crippen molar-refractivity contribution in [3.05, 3.63) is 88.0 Å². The van der Waals surface area contributed by atoms with E-state index in [2.05, 4.69) is 0 Å². The first kappa shape index (κ1) is 17.9. The lowest BCUT2D eigenvalue weighted by Gasteiger charge is -2.10. The van der Waals surface area contributed by atoms with Gasteiger partial charge < -0.3 is 14.9 Å². The number of ether oxygens (including phenoxy) is 1. The number of hydrogen-bond donors (Lipinski definition) is 2. The number of nitrogens with zero attached hydrogens (tertiary/aromatic N) is 1. The van der Waals surface area contributed by atoms with Crippen molar-refractivity contribution in [1.29, 1.82) is 0 Å². The van der Waals surface area contributed by atoms with Crippen molar-refractivity contribution in [2.45, 2.75) is 6.61 Å². The maximum Gasteiger partial charge on any atom is 0.339 e. The second kappa shape index (κ2) is 7.57. The van der Waals surface area contributed by atoms with E-state index < -0.39 is 16.6 Å². The molecule has 0 aliphatic heterocycles. The highest BCUT2D eigenvalue weighted by molar-refractivity contribution is 5.91. The van der Waals surface area contributed by atoms with E-state index in [0.29, 0.717) is 0 Å². The first-order valence-electron chi connectivity index (χ1n) is 7.97. The molecule has 2 N–H and O–H groups in total. The average molecular weight is 365 g/mol. The molecule has 0 bridgehead atoms. The number of phenols is 1. The lowest BCUT2D eigenvalue weighted by atomic mass is 10.0. The number of para-hydroxylation sites is 1. The number of carbonyl (C=O) groups is 1. The van der Waals surface area contributed by atoms with Crippen molar-refractivity contribution in [1.82, 2.24) is 0 Å². The molecule has 0 amide bonds. The van der Waals surface area contributed by atoms with E-state index in [1.807, 2.05) is 12.1 Å². The molecule has 0 heterocycles. The highest BCUT2D eigenvalue weighted by Gasteiger charge is 2.14. The quantitative estimate of drug-likeness (QED) is 0.499. The van der Waals surface area contributed by atoms with Crippen LogP contribution in [0.1, 0.15) is 15.9 Å². The fourth-order valence-corrected chi connectivity index (χ4v) is 2.56. The van der Waals surface area contributed by atoms with E-state index in [9.17, 15) is 20.0 Å². The maximum atomic E-state index is 11.0. The molecule has 0 radical (unpaired) electrons. The zero-order valence-electron chi connectivity index (χ0n) is 14.0. The smallest absolute Gasteiger partial charge is 0.339 e. The zero-order valence-corrected chi connectivity index (χ0v) is 14.0. The van der Waals surface area contributed by atoms with E-state index in [0.717, 1.165) is 16.7 Å². The van der Waals surface area contributed by atoms with E-state index >= 15 is 0 Å². The number of aromatic carboxylic acids is 1. The number of nitro groups is 1. The van der Waals surface area contributed by atoms with Crippen molar-refractivity contribution >= 4 is 11.7 Å². The monoisotopic (exact) mass is 365 g/mol. The van der Waals surface area contributed by atoms with Crippen LogP contribution < -0.4 is 4.74 Å². The minimum Gasteiger partial charge on any atom is -0.504 e. The van der Waals surface area contributed by atoms with Gasteiger partial charge in [0.2, 0.25) is 0 Å². The SMILES string of the molecule is O=C(O)c1cccc(OCc2ccc(-c3cccc([N+](=O)[O-])c3)cc2)c1O. The molecule has 0 aliphatic rings. The van der Waals surface area contributed by atoms with E-state index in [-0.39, 0.29) is 23.6 Å². The Morgan fingerprint density at radius 2 is 1.70 bits per heavy atom. The van der Waals surface area contributed by atoms with Gasteiger partial charge >= 0.3 is 5.97 Å². The molecule has 0 saturated heterocycles. The van der Waals surface area contributed by atoms with Crippen LogP contribution in [0.15, 0.2) is 66.7 Å². The van der Waals surface area contributed by atoms with Crippen molar-refractivity contribution in [2.75, 3.05) is 0 Å². The van der Waals surface area contributed by atoms with E-state index in [1.165, 1.54) is 30.3 Å². The molecule has 27 heavy (non-hydrogen) atoms. The molecule has 3 aromatic carbocycles. The molecule has 0 unspecified atom stereocenters. The van der Waals surface area contributed by atoms with Gasteiger partial charge in [-0.2, -0.15) is 0 Å². The molecule has 0 aliphatic carbocycles. The Hall–Kier alpha value is -3.87. The Bertz CT molecular complexity index is 998. The number of non-ortho nitro benzene ring substituents is 1. The Labute approximate surface area is 154 Å². The number of aromatic hydroxyl groups is 1. The fourth-order valence-electron chi connectivity index (χ4n) is 2.56. The third-order valence-corrected chi connectivity index (χ3v) is 3.97. The van der Waals surface area contributed by atoms with E-state index in [4.69, 9.17) is 9.84 Å². The second-order valence-electron chi connectivity index (χ2n) is 5.75. The van der Waals surface area contributed by atoms with Crippen LogP contribution in [0.25, 0.3) is 11.1 Å². The van der Waals surface area contributed by atoms with Gasteiger partial charge in [-0.3, -0.25) is 10.1 Å². The Morgan fingerprint density at radius 3 is 2.37 bits per heavy atom. The molecular formula is C20H15NO6. The van der Waals surface area contributed by atoms with Crippen LogP contribution in [-0.4, -0.2) is 21.1 Å². The Morgan fingerprint density at radius 1 is 1.00 bits per heavy atom. The molecule has 136 valence electrons. The van der Waals surface area contributed by atoms with Gasteiger partial charge in [0.1, 0.15) is 12.2 Å². The third-order valence-electron chi connectivity index (χ3n) is 3.97. The number of carboxylic acid groups (broad SMARTS) is 1. The summed E-state index contributed by atoms with van der Waals surface area (Å²) in [5.74, 6) is -1.57. The molecule has 7 nitrogen and oxygen atoms in total.